The van der Waals surface area contributed by atoms with Crippen LogP contribution in [0.15, 0.2) is 30.9 Å². The van der Waals surface area contributed by atoms with Gasteiger partial charge in [-0.1, -0.05) is 32.1 Å². The van der Waals surface area contributed by atoms with Gasteiger partial charge in [0.15, 0.2) is 0 Å². The van der Waals surface area contributed by atoms with Crippen molar-refractivity contribution in [1.29, 1.82) is 5.26 Å². The standard InChI is InChI=1S/C14H16N/c1-5-11(4)12-6-7-14(10(2)3)13(8-12)9-15/h5-8,10-11H,1,4H2,2-3H3. The molecule has 0 saturated carbocycles. The lowest BCUT2D eigenvalue weighted by molar-refractivity contribution is 0.860. The van der Waals surface area contributed by atoms with Crippen molar-refractivity contribution in [3.8, 4) is 6.07 Å². The lowest BCUT2D eigenvalue weighted by Gasteiger charge is -2.12. The molecule has 1 radical (unpaired) electrons. The predicted molar refractivity (Wildman–Crippen MR) is 63.5 cm³/mol. The average Bonchev–Trinajstić information content (AvgIpc) is 2.26. The first-order valence-corrected chi connectivity index (χ1v) is 5.09. The van der Waals surface area contributed by atoms with Gasteiger partial charge in [-0.05, 0) is 30.0 Å². The summed E-state index contributed by atoms with van der Waals surface area (Å²) in [4.78, 5) is 0. The second-order valence-corrected chi connectivity index (χ2v) is 3.96. The fourth-order valence-electron chi connectivity index (χ4n) is 1.54. The Morgan fingerprint density at radius 1 is 1.40 bits per heavy atom. The van der Waals surface area contributed by atoms with Gasteiger partial charge in [0.1, 0.15) is 0 Å². The van der Waals surface area contributed by atoms with Crippen LogP contribution < -0.4 is 0 Å². The van der Waals surface area contributed by atoms with Crippen LogP contribution in [0.4, 0.5) is 0 Å². The molecule has 0 aliphatic rings. The van der Waals surface area contributed by atoms with E-state index in [0.717, 1.165) is 16.7 Å². The molecule has 0 fully saturated rings. The SMILES string of the molecule is [CH2]C(C=C)c1ccc(C(C)C)c(C#N)c1. The van der Waals surface area contributed by atoms with Gasteiger partial charge in [0.05, 0.1) is 11.6 Å². The van der Waals surface area contributed by atoms with E-state index in [0.29, 0.717) is 5.92 Å². The molecule has 1 nitrogen and oxygen atoms in total. The van der Waals surface area contributed by atoms with Crippen molar-refractivity contribution >= 4 is 0 Å². The van der Waals surface area contributed by atoms with Crippen LogP contribution in [0.3, 0.4) is 0 Å². The second-order valence-electron chi connectivity index (χ2n) is 3.96. The number of nitrogens with zero attached hydrogens (tertiary/aromatic N) is 1. The van der Waals surface area contributed by atoms with E-state index in [4.69, 9.17) is 5.26 Å². The number of hydrogen-bond donors (Lipinski definition) is 0. The van der Waals surface area contributed by atoms with Crippen LogP contribution in [-0.4, -0.2) is 0 Å². The highest BCUT2D eigenvalue weighted by atomic mass is 14.3. The highest BCUT2D eigenvalue weighted by molar-refractivity contribution is 5.44. The van der Waals surface area contributed by atoms with Crippen LogP contribution in [0, 0.1) is 18.3 Å². The Kier molecular flexibility index (Phi) is 3.68. The largest absolute Gasteiger partial charge is 0.192 e. The zero-order chi connectivity index (χ0) is 11.4. The summed E-state index contributed by atoms with van der Waals surface area (Å²) in [5, 5.41) is 9.05. The molecule has 15 heavy (non-hydrogen) atoms. The van der Waals surface area contributed by atoms with Gasteiger partial charge in [0.25, 0.3) is 0 Å². The molecule has 0 heterocycles. The van der Waals surface area contributed by atoms with Crippen molar-refractivity contribution in [3.63, 3.8) is 0 Å². The van der Waals surface area contributed by atoms with Crippen LogP contribution >= 0.6 is 0 Å². The van der Waals surface area contributed by atoms with Gasteiger partial charge in [-0.3, -0.25) is 0 Å². The topological polar surface area (TPSA) is 23.8 Å². The predicted octanol–water partition coefficient (Wildman–Crippen LogP) is 3.79. The first-order chi connectivity index (χ1) is 7.10. The molecule has 0 bridgehead atoms. The third-order valence-electron chi connectivity index (χ3n) is 2.53. The van der Waals surface area contributed by atoms with Gasteiger partial charge < -0.3 is 0 Å². The maximum absolute atomic E-state index is 9.05. The van der Waals surface area contributed by atoms with Crippen molar-refractivity contribution in [2.24, 2.45) is 0 Å². The van der Waals surface area contributed by atoms with E-state index in [9.17, 15) is 0 Å². The molecule has 0 aliphatic carbocycles. The fraction of sp³-hybridized carbons (Fsp3) is 0.286. The Hall–Kier alpha value is -1.55. The van der Waals surface area contributed by atoms with Crippen LogP contribution in [0.2, 0.25) is 0 Å². The minimum Gasteiger partial charge on any atom is -0.192 e. The number of rotatable bonds is 3. The fourth-order valence-corrected chi connectivity index (χ4v) is 1.54. The van der Waals surface area contributed by atoms with Gasteiger partial charge in [0, 0.05) is 5.92 Å². The molecule has 0 amide bonds. The molecule has 1 rings (SSSR count). The molecule has 0 aliphatic heterocycles. The van der Waals surface area contributed by atoms with Crippen LogP contribution in [0.5, 0.6) is 0 Å². The van der Waals surface area contributed by atoms with E-state index in [-0.39, 0.29) is 5.92 Å². The minimum atomic E-state index is 0.0540. The molecule has 0 spiro atoms. The third-order valence-corrected chi connectivity index (χ3v) is 2.53. The zero-order valence-electron chi connectivity index (χ0n) is 9.33. The van der Waals surface area contributed by atoms with Crippen molar-refractivity contribution in [2.75, 3.05) is 0 Å². The molecule has 1 aromatic carbocycles. The van der Waals surface area contributed by atoms with E-state index < -0.39 is 0 Å². The number of benzene rings is 1. The molecule has 1 atom stereocenters. The Morgan fingerprint density at radius 2 is 2.07 bits per heavy atom. The van der Waals surface area contributed by atoms with Crippen LogP contribution in [-0.2, 0) is 0 Å². The summed E-state index contributed by atoms with van der Waals surface area (Å²) in [6.07, 6.45) is 1.78. The van der Waals surface area contributed by atoms with Crippen LogP contribution in [0.1, 0.15) is 42.4 Å². The normalized spacial score (nSPS) is 12.2. The van der Waals surface area contributed by atoms with Crippen LogP contribution in [0.25, 0.3) is 0 Å². The molecule has 1 aromatic rings. The van der Waals surface area contributed by atoms with Crippen molar-refractivity contribution in [2.45, 2.75) is 25.7 Å². The maximum atomic E-state index is 9.05. The molecule has 1 unspecified atom stereocenters. The molecule has 0 saturated heterocycles. The lowest BCUT2D eigenvalue weighted by atomic mass is 9.92. The van der Waals surface area contributed by atoms with Gasteiger partial charge in [0.2, 0.25) is 0 Å². The van der Waals surface area contributed by atoms with Crippen molar-refractivity contribution < 1.29 is 0 Å². The summed E-state index contributed by atoms with van der Waals surface area (Å²) >= 11 is 0. The van der Waals surface area contributed by atoms with E-state index in [2.05, 4.69) is 33.4 Å². The monoisotopic (exact) mass is 198 g/mol. The summed E-state index contributed by atoms with van der Waals surface area (Å²) in [7, 11) is 0. The summed E-state index contributed by atoms with van der Waals surface area (Å²) in [5.74, 6) is 0.430. The molecule has 0 aromatic heterocycles. The number of nitriles is 1. The summed E-state index contributed by atoms with van der Waals surface area (Å²) in [6.45, 7) is 11.8. The Bertz CT molecular complexity index is 396. The minimum absolute atomic E-state index is 0.0540. The van der Waals surface area contributed by atoms with Gasteiger partial charge in [-0.2, -0.15) is 5.26 Å². The number of allylic oxidation sites excluding steroid dienone is 1. The van der Waals surface area contributed by atoms with Crippen molar-refractivity contribution in [3.05, 3.63) is 54.5 Å². The highest BCUT2D eigenvalue weighted by Gasteiger charge is 2.09. The third kappa shape index (κ3) is 2.47. The summed E-state index contributed by atoms with van der Waals surface area (Å²) < 4.78 is 0. The van der Waals surface area contributed by atoms with E-state index in [1.54, 1.807) is 6.08 Å². The molecule has 77 valence electrons. The Balaban J connectivity index is 3.20. The first kappa shape index (κ1) is 11.5. The summed E-state index contributed by atoms with van der Waals surface area (Å²) in [6, 6.07) is 8.18. The molecule has 0 N–H and O–H groups in total. The van der Waals surface area contributed by atoms with E-state index in [1.807, 2.05) is 18.2 Å². The molecule has 1 heteroatoms. The smallest absolute Gasteiger partial charge is 0.0994 e. The molecular formula is C14H16N. The van der Waals surface area contributed by atoms with Gasteiger partial charge in [-0.25, -0.2) is 0 Å². The molecular weight excluding hydrogens is 182 g/mol. The second kappa shape index (κ2) is 4.79. The van der Waals surface area contributed by atoms with E-state index >= 15 is 0 Å². The quantitative estimate of drug-likeness (QED) is 0.678. The first-order valence-electron chi connectivity index (χ1n) is 5.09. The maximum Gasteiger partial charge on any atom is 0.0994 e. The summed E-state index contributed by atoms with van der Waals surface area (Å²) in [5.41, 5.74) is 2.89. The van der Waals surface area contributed by atoms with E-state index in [1.165, 1.54) is 0 Å². The highest BCUT2D eigenvalue weighted by Crippen LogP contribution is 2.24. The van der Waals surface area contributed by atoms with Crippen molar-refractivity contribution in [1.82, 2.24) is 0 Å². The van der Waals surface area contributed by atoms with Gasteiger partial charge >= 0.3 is 0 Å². The lowest BCUT2D eigenvalue weighted by Crippen LogP contribution is -1.96. The Morgan fingerprint density at radius 3 is 2.53 bits per heavy atom. The van der Waals surface area contributed by atoms with Gasteiger partial charge in [-0.15, -0.1) is 6.58 Å². The zero-order valence-corrected chi connectivity index (χ0v) is 9.33. The average molecular weight is 198 g/mol. The Labute approximate surface area is 92.1 Å². The number of hydrogen-bond acceptors (Lipinski definition) is 1.